The monoisotopic (exact) mass is 295 g/mol. The average molecular weight is 295 g/mol. The van der Waals surface area contributed by atoms with E-state index in [2.05, 4.69) is 24.3 Å². The molecule has 1 aliphatic rings. The van der Waals surface area contributed by atoms with E-state index in [0.29, 0.717) is 0 Å². The zero-order valence-corrected chi connectivity index (χ0v) is 13.3. The molecule has 0 aromatic heterocycles. The minimum atomic E-state index is -0.0291. The van der Waals surface area contributed by atoms with Gasteiger partial charge in [0.15, 0.2) is 6.04 Å². The number of anilines is 1. The van der Waals surface area contributed by atoms with Crippen molar-refractivity contribution in [2.75, 3.05) is 18.5 Å². The number of nitrogens with one attached hydrogen (secondary N) is 1. The fourth-order valence-electron chi connectivity index (χ4n) is 3.22. The zero-order valence-electron chi connectivity index (χ0n) is 13.3. The van der Waals surface area contributed by atoms with Gasteiger partial charge in [-0.15, -0.1) is 0 Å². The minimum Gasteiger partial charge on any atom is -0.321 e. The van der Waals surface area contributed by atoms with Crippen LogP contribution in [-0.4, -0.2) is 25.5 Å². The van der Waals surface area contributed by atoms with Crippen LogP contribution in [0.1, 0.15) is 18.1 Å². The second kappa shape index (κ2) is 6.32. The molecule has 22 heavy (non-hydrogen) atoms. The van der Waals surface area contributed by atoms with Crippen molar-refractivity contribution < 1.29 is 9.69 Å². The zero-order chi connectivity index (χ0) is 15.5. The van der Waals surface area contributed by atoms with Gasteiger partial charge >= 0.3 is 0 Å². The van der Waals surface area contributed by atoms with E-state index in [0.717, 1.165) is 25.2 Å². The fourth-order valence-corrected chi connectivity index (χ4v) is 3.22. The number of carbonyl (C=O) groups excluding carboxylic acids is 1. The number of hydrogen-bond acceptors (Lipinski definition) is 1. The van der Waals surface area contributed by atoms with E-state index in [9.17, 15) is 4.79 Å². The van der Waals surface area contributed by atoms with Gasteiger partial charge in [0.1, 0.15) is 6.54 Å². The molecule has 1 amide bonds. The van der Waals surface area contributed by atoms with Gasteiger partial charge < -0.3 is 9.80 Å². The molecule has 1 unspecified atom stereocenters. The number of hydrogen-bond donors (Lipinski definition) is 1. The third-order valence-electron chi connectivity index (χ3n) is 4.71. The van der Waals surface area contributed by atoms with E-state index in [1.807, 2.05) is 44.3 Å². The molecule has 2 aromatic carbocycles. The molecule has 1 heterocycles. The van der Waals surface area contributed by atoms with Crippen LogP contribution in [0.3, 0.4) is 0 Å². The fraction of sp³-hybridized carbons (Fsp3) is 0.316. The highest BCUT2D eigenvalue weighted by molar-refractivity contribution is 5.95. The van der Waals surface area contributed by atoms with Gasteiger partial charge in [0, 0.05) is 24.7 Å². The summed E-state index contributed by atoms with van der Waals surface area (Å²) < 4.78 is 0. The van der Waals surface area contributed by atoms with Gasteiger partial charge in [-0.05, 0) is 24.6 Å². The molecule has 0 spiro atoms. The maximum atomic E-state index is 12.8. The predicted octanol–water partition coefficient (Wildman–Crippen LogP) is 1.68. The standard InChI is InChI=1S/C19H22N2O/c1-15(19(22)20(2)18-10-4-3-5-11-18)21-13-12-16-8-6-7-9-17(16)14-21/h3-11,15H,12-14H2,1-2H3/p+1/t15-/m0/s1. The SMILES string of the molecule is C[C@@H](C(=O)N(C)c1ccccc1)[NH+]1CCc2ccccc2C1. The molecule has 1 aliphatic heterocycles. The van der Waals surface area contributed by atoms with Crippen LogP contribution in [0.2, 0.25) is 0 Å². The first-order valence-electron chi connectivity index (χ1n) is 7.91. The first-order chi connectivity index (χ1) is 10.7. The largest absolute Gasteiger partial charge is 0.321 e. The number of fused-ring (bicyclic) bond motifs is 1. The summed E-state index contributed by atoms with van der Waals surface area (Å²) in [6.07, 6.45) is 1.05. The normalized spacial score (nSPS) is 18.4. The number of para-hydroxylation sites is 1. The van der Waals surface area contributed by atoms with Crippen molar-refractivity contribution in [3.8, 4) is 0 Å². The third-order valence-corrected chi connectivity index (χ3v) is 4.71. The quantitative estimate of drug-likeness (QED) is 0.915. The average Bonchev–Trinajstić information content (AvgIpc) is 2.60. The summed E-state index contributed by atoms with van der Waals surface area (Å²) in [7, 11) is 1.87. The summed E-state index contributed by atoms with van der Waals surface area (Å²) in [6.45, 7) is 4.00. The highest BCUT2D eigenvalue weighted by Gasteiger charge is 2.31. The van der Waals surface area contributed by atoms with Crippen molar-refractivity contribution in [2.24, 2.45) is 0 Å². The second-order valence-electron chi connectivity index (χ2n) is 6.06. The molecule has 0 radical (unpaired) electrons. The number of nitrogens with zero attached hydrogens (tertiary/aromatic N) is 1. The summed E-state index contributed by atoms with van der Waals surface area (Å²) in [5, 5.41) is 0. The number of likely N-dealkylation sites (N-methyl/N-ethyl adjacent to an activating group) is 1. The van der Waals surface area contributed by atoms with Crippen molar-refractivity contribution in [2.45, 2.75) is 25.9 Å². The van der Waals surface area contributed by atoms with E-state index in [1.54, 1.807) is 4.90 Å². The Labute approximate surface area is 132 Å². The third kappa shape index (κ3) is 2.90. The lowest BCUT2D eigenvalue weighted by molar-refractivity contribution is -0.929. The van der Waals surface area contributed by atoms with Crippen LogP contribution >= 0.6 is 0 Å². The molecule has 2 aromatic rings. The Morgan fingerprint density at radius 2 is 1.68 bits per heavy atom. The first kappa shape index (κ1) is 14.8. The smallest absolute Gasteiger partial charge is 0.284 e. The minimum absolute atomic E-state index is 0.0291. The second-order valence-corrected chi connectivity index (χ2v) is 6.06. The van der Waals surface area contributed by atoms with Crippen molar-refractivity contribution >= 4 is 11.6 Å². The predicted molar refractivity (Wildman–Crippen MR) is 89.0 cm³/mol. The number of benzene rings is 2. The number of amides is 1. The van der Waals surface area contributed by atoms with Crippen LogP contribution in [0.15, 0.2) is 54.6 Å². The van der Waals surface area contributed by atoms with Crippen molar-refractivity contribution in [1.29, 1.82) is 0 Å². The van der Waals surface area contributed by atoms with E-state index in [1.165, 1.54) is 16.0 Å². The Bertz CT molecular complexity index is 653. The van der Waals surface area contributed by atoms with E-state index >= 15 is 0 Å². The Morgan fingerprint density at radius 3 is 2.41 bits per heavy atom. The van der Waals surface area contributed by atoms with Crippen LogP contribution in [-0.2, 0) is 17.8 Å². The molecular formula is C19H23N2O+. The molecule has 2 atom stereocenters. The molecule has 0 bridgehead atoms. The molecule has 3 nitrogen and oxygen atoms in total. The summed E-state index contributed by atoms with van der Waals surface area (Å²) in [5.41, 5.74) is 3.77. The lowest BCUT2D eigenvalue weighted by atomic mass is 9.98. The van der Waals surface area contributed by atoms with E-state index in [4.69, 9.17) is 0 Å². The molecule has 0 fully saturated rings. The molecular weight excluding hydrogens is 272 g/mol. The van der Waals surface area contributed by atoms with Gasteiger partial charge in [-0.3, -0.25) is 4.79 Å². The van der Waals surface area contributed by atoms with Gasteiger partial charge in [-0.2, -0.15) is 0 Å². The lowest BCUT2D eigenvalue weighted by Gasteiger charge is -2.32. The van der Waals surface area contributed by atoms with Crippen LogP contribution in [0.25, 0.3) is 0 Å². The number of quaternary nitrogens is 1. The molecule has 0 saturated heterocycles. The Hall–Kier alpha value is -2.13. The topological polar surface area (TPSA) is 24.8 Å². The van der Waals surface area contributed by atoms with Gasteiger partial charge in [0.2, 0.25) is 0 Å². The summed E-state index contributed by atoms with van der Waals surface area (Å²) in [4.78, 5) is 15.9. The molecule has 3 rings (SSSR count). The van der Waals surface area contributed by atoms with Crippen molar-refractivity contribution in [3.05, 3.63) is 65.7 Å². The first-order valence-corrected chi connectivity index (χ1v) is 7.91. The summed E-state index contributed by atoms with van der Waals surface area (Å²) in [6, 6.07) is 18.4. The molecule has 0 saturated carbocycles. The Kier molecular flexibility index (Phi) is 4.25. The Balaban J connectivity index is 1.72. The highest BCUT2D eigenvalue weighted by Crippen LogP contribution is 2.13. The highest BCUT2D eigenvalue weighted by atomic mass is 16.2. The lowest BCUT2D eigenvalue weighted by Crippen LogP contribution is -3.16. The van der Waals surface area contributed by atoms with Crippen LogP contribution in [0.4, 0.5) is 5.69 Å². The van der Waals surface area contributed by atoms with Gasteiger partial charge in [-0.1, -0.05) is 42.5 Å². The summed E-state index contributed by atoms with van der Waals surface area (Å²) >= 11 is 0. The summed E-state index contributed by atoms with van der Waals surface area (Å²) in [5.74, 6) is 0.181. The Morgan fingerprint density at radius 1 is 1.05 bits per heavy atom. The molecule has 114 valence electrons. The van der Waals surface area contributed by atoms with Crippen molar-refractivity contribution in [1.82, 2.24) is 0 Å². The molecule has 0 aliphatic carbocycles. The van der Waals surface area contributed by atoms with Crippen LogP contribution < -0.4 is 9.80 Å². The van der Waals surface area contributed by atoms with Gasteiger partial charge in [0.25, 0.3) is 5.91 Å². The molecule has 3 heteroatoms. The maximum Gasteiger partial charge on any atom is 0.284 e. The van der Waals surface area contributed by atoms with Crippen LogP contribution in [0.5, 0.6) is 0 Å². The van der Waals surface area contributed by atoms with E-state index in [-0.39, 0.29) is 11.9 Å². The number of carbonyl (C=O) groups is 1. The van der Waals surface area contributed by atoms with Crippen LogP contribution in [0, 0.1) is 0 Å². The molecule has 1 N–H and O–H groups in total. The van der Waals surface area contributed by atoms with Crippen molar-refractivity contribution in [3.63, 3.8) is 0 Å². The van der Waals surface area contributed by atoms with Gasteiger partial charge in [0.05, 0.1) is 6.54 Å². The number of rotatable bonds is 3. The maximum absolute atomic E-state index is 12.8. The van der Waals surface area contributed by atoms with Gasteiger partial charge in [-0.25, -0.2) is 0 Å². The van der Waals surface area contributed by atoms with E-state index < -0.39 is 0 Å².